The molecule has 0 aromatic heterocycles. The maximum absolute atomic E-state index is 11.8. The lowest BCUT2D eigenvalue weighted by atomic mass is 9.70. The van der Waals surface area contributed by atoms with Crippen LogP contribution in [0, 0.1) is 17.8 Å². The summed E-state index contributed by atoms with van der Waals surface area (Å²) in [7, 11) is 0. The van der Waals surface area contributed by atoms with Crippen molar-refractivity contribution in [2.45, 2.75) is 69.8 Å². The van der Waals surface area contributed by atoms with Crippen LogP contribution in [0.5, 0.6) is 0 Å². The number of fused-ring (bicyclic) bond motifs is 3. The van der Waals surface area contributed by atoms with Crippen LogP contribution in [0.15, 0.2) is 24.3 Å². The highest BCUT2D eigenvalue weighted by Gasteiger charge is 2.54. The normalized spacial score (nSPS) is 36.8. The smallest absolute Gasteiger partial charge is 0.0738 e. The van der Waals surface area contributed by atoms with Gasteiger partial charge in [-0.05, 0) is 67.4 Å². The van der Waals surface area contributed by atoms with Crippen LogP contribution < -0.4 is 0 Å². The fourth-order valence-corrected chi connectivity index (χ4v) is 5.62. The zero-order chi connectivity index (χ0) is 14.3. The highest BCUT2D eigenvalue weighted by molar-refractivity contribution is 5.32. The molecule has 1 heteroatoms. The van der Waals surface area contributed by atoms with E-state index in [0.29, 0.717) is 17.8 Å². The van der Waals surface area contributed by atoms with Gasteiger partial charge in [0.25, 0.3) is 0 Å². The molecule has 114 valence electrons. The van der Waals surface area contributed by atoms with E-state index in [4.69, 9.17) is 0 Å². The molecule has 0 aliphatic heterocycles. The summed E-state index contributed by atoms with van der Waals surface area (Å²) in [5.41, 5.74) is 2.65. The van der Waals surface area contributed by atoms with Crippen molar-refractivity contribution < 1.29 is 5.11 Å². The molecule has 1 N–H and O–H groups in total. The van der Waals surface area contributed by atoms with Crippen molar-refractivity contribution in [2.24, 2.45) is 17.8 Å². The molecule has 0 amide bonds. The van der Waals surface area contributed by atoms with Crippen LogP contribution in [0.3, 0.4) is 0 Å². The molecule has 3 aliphatic carbocycles. The van der Waals surface area contributed by atoms with Crippen molar-refractivity contribution in [3.63, 3.8) is 0 Å². The molecule has 2 fully saturated rings. The van der Waals surface area contributed by atoms with Gasteiger partial charge in [-0.1, -0.05) is 49.9 Å². The SMILES string of the molecule is OC1(C2CCCCCC2)C2CCC1Cc1ccccc1C2. The standard InChI is InChI=1S/C20H28O/c21-20(17-9-3-1-2-4-10-17)18-11-12-19(20)14-16-8-6-5-7-15(16)13-18/h5-8,17-19,21H,1-4,9-14H2. The Morgan fingerprint density at radius 1 is 0.714 bits per heavy atom. The molecular weight excluding hydrogens is 256 g/mol. The molecule has 2 atom stereocenters. The molecule has 2 unspecified atom stereocenters. The van der Waals surface area contributed by atoms with E-state index in [1.807, 2.05) is 0 Å². The monoisotopic (exact) mass is 284 g/mol. The average molecular weight is 284 g/mol. The predicted octanol–water partition coefficient (Wildman–Crippen LogP) is 4.51. The zero-order valence-electron chi connectivity index (χ0n) is 13.1. The largest absolute Gasteiger partial charge is 0.389 e. The van der Waals surface area contributed by atoms with Crippen LogP contribution in [0.1, 0.15) is 62.5 Å². The third kappa shape index (κ3) is 2.25. The Balaban J connectivity index is 1.67. The van der Waals surface area contributed by atoms with Gasteiger partial charge in [0.1, 0.15) is 0 Å². The van der Waals surface area contributed by atoms with Gasteiger partial charge in [0.2, 0.25) is 0 Å². The van der Waals surface area contributed by atoms with Gasteiger partial charge in [-0.2, -0.15) is 0 Å². The van der Waals surface area contributed by atoms with Gasteiger partial charge in [0.15, 0.2) is 0 Å². The number of hydrogen-bond acceptors (Lipinski definition) is 1. The Labute approximate surface area is 128 Å². The second kappa shape index (κ2) is 5.43. The molecule has 0 radical (unpaired) electrons. The van der Waals surface area contributed by atoms with E-state index in [1.165, 1.54) is 62.5 Å². The van der Waals surface area contributed by atoms with Crippen LogP contribution in [-0.2, 0) is 12.8 Å². The average Bonchev–Trinajstić information content (AvgIpc) is 2.68. The van der Waals surface area contributed by atoms with Crippen LogP contribution in [0.4, 0.5) is 0 Å². The van der Waals surface area contributed by atoms with E-state index in [1.54, 1.807) is 0 Å². The van der Waals surface area contributed by atoms with Gasteiger partial charge < -0.3 is 5.11 Å². The lowest BCUT2D eigenvalue weighted by molar-refractivity contribution is -0.0887. The first-order valence-corrected chi connectivity index (χ1v) is 9.07. The molecule has 1 aromatic carbocycles. The summed E-state index contributed by atoms with van der Waals surface area (Å²) in [5, 5.41) is 11.8. The van der Waals surface area contributed by atoms with E-state index in [9.17, 15) is 5.11 Å². The van der Waals surface area contributed by atoms with Crippen molar-refractivity contribution in [2.75, 3.05) is 0 Å². The molecule has 4 rings (SSSR count). The first-order chi connectivity index (χ1) is 10.3. The second-order valence-corrected chi connectivity index (χ2v) is 7.72. The van der Waals surface area contributed by atoms with Crippen LogP contribution in [-0.4, -0.2) is 10.7 Å². The Morgan fingerprint density at radius 3 is 1.76 bits per heavy atom. The van der Waals surface area contributed by atoms with Crippen molar-refractivity contribution in [3.05, 3.63) is 35.4 Å². The lowest BCUT2D eigenvalue weighted by Gasteiger charge is -2.41. The van der Waals surface area contributed by atoms with Gasteiger partial charge in [0.05, 0.1) is 5.60 Å². The van der Waals surface area contributed by atoms with Gasteiger partial charge in [-0.3, -0.25) is 0 Å². The van der Waals surface area contributed by atoms with Gasteiger partial charge in [-0.15, -0.1) is 0 Å². The molecule has 0 saturated heterocycles. The van der Waals surface area contributed by atoms with E-state index in [2.05, 4.69) is 24.3 Å². The summed E-state index contributed by atoms with van der Waals surface area (Å²) < 4.78 is 0. The van der Waals surface area contributed by atoms with Gasteiger partial charge in [-0.25, -0.2) is 0 Å². The second-order valence-electron chi connectivity index (χ2n) is 7.72. The molecule has 2 bridgehead atoms. The highest BCUT2D eigenvalue weighted by Crippen LogP contribution is 2.53. The summed E-state index contributed by atoms with van der Waals surface area (Å²) in [4.78, 5) is 0. The van der Waals surface area contributed by atoms with Crippen LogP contribution in [0.2, 0.25) is 0 Å². The lowest BCUT2D eigenvalue weighted by Crippen LogP contribution is -2.47. The van der Waals surface area contributed by atoms with E-state index >= 15 is 0 Å². The summed E-state index contributed by atoms with van der Waals surface area (Å²) in [5.74, 6) is 1.58. The third-order valence-corrected chi connectivity index (χ3v) is 6.73. The minimum Gasteiger partial charge on any atom is -0.389 e. The fraction of sp³-hybridized carbons (Fsp3) is 0.700. The topological polar surface area (TPSA) is 20.2 Å². The highest BCUT2D eigenvalue weighted by atomic mass is 16.3. The Hall–Kier alpha value is -0.820. The Morgan fingerprint density at radius 2 is 1.24 bits per heavy atom. The predicted molar refractivity (Wildman–Crippen MR) is 86.2 cm³/mol. The summed E-state index contributed by atoms with van der Waals surface area (Å²) in [6.45, 7) is 0. The maximum atomic E-state index is 11.8. The van der Waals surface area contributed by atoms with Crippen molar-refractivity contribution in [1.29, 1.82) is 0 Å². The van der Waals surface area contributed by atoms with E-state index in [-0.39, 0.29) is 5.60 Å². The first kappa shape index (κ1) is 13.8. The first-order valence-electron chi connectivity index (χ1n) is 9.07. The molecular formula is C20H28O. The van der Waals surface area contributed by atoms with Crippen molar-refractivity contribution >= 4 is 0 Å². The zero-order valence-corrected chi connectivity index (χ0v) is 13.1. The van der Waals surface area contributed by atoms with Gasteiger partial charge >= 0.3 is 0 Å². The number of hydrogen-bond donors (Lipinski definition) is 1. The third-order valence-electron chi connectivity index (χ3n) is 6.73. The molecule has 0 spiro atoms. The number of rotatable bonds is 1. The minimum absolute atomic E-state index is 0.372. The van der Waals surface area contributed by atoms with E-state index < -0.39 is 0 Å². The van der Waals surface area contributed by atoms with Crippen LogP contribution >= 0.6 is 0 Å². The number of benzene rings is 1. The minimum atomic E-state index is -0.372. The van der Waals surface area contributed by atoms with Gasteiger partial charge in [0, 0.05) is 0 Å². The van der Waals surface area contributed by atoms with Crippen molar-refractivity contribution in [1.82, 2.24) is 0 Å². The summed E-state index contributed by atoms with van der Waals surface area (Å²) in [6, 6.07) is 8.93. The Bertz CT molecular complexity index is 465. The molecule has 0 heterocycles. The quantitative estimate of drug-likeness (QED) is 0.752. The fourth-order valence-electron chi connectivity index (χ4n) is 5.62. The summed E-state index contributed by atoms with van der Waals surface area (Å²) >= 11 is 0. The molecule has 2 saturated carbocycles. The molecule has 21 heavy (non-hydrogen) atoms. The van der Waals surface area contributed by atoms with Crippen LogP contribution in [0.25, 0.3) is 0 Å². The Kier molecular flexibility index (Phi) is 3.57. The summed E-state index contributed by atoms with van der Waals surface area (Å²) in [6.07, 6.45) is 12.7. The van der Waals surface area contributed by atoms with E-state index in [0.717, 1.165) is 12.8 Å². The maximum Gasteiger partial charge on any atom is 0.0738 e. The number of aliphatic hydroxyl groups is 1. The van der Waals surface area contributed by atoms with Crippen molar-refractivity contribution in [3.8, 4) is 0 Å². The molecule has 3 aliphatic rings. The molecule has 1 nitrogen and oxygen atoms in total. The molecule has 1 aromatic rings.